The van der Waals surface area contributed by atoms with Crippen molar-refractivity contribution in [3.05, 3.63) is 53.1 Å². The molecule has 7 nitrogen and oxygen atoms in total. The maximum absolute atomic E-state index is 12.2. The number of carbonyl (C=O) groups is 1. The van der Waals surface area contributed by atoms with Gasteiger partial charge in [-0.2, -0.15) is 0 Å². The number of nitrogens with zero attached hydrogens (tertiary/aromatic N) is 3. The van der Waals surface area contributed by atoms with Crippen molar-refractivity contribution in [2.24, 2.45) is 7.05 Å². The maximum atomic E-state index is 12.2. The van der Waals surface area contributed by atoms with Gasteiger partial charge in [0.2, 0.25) is 5.91 Å². The van der Waals surface area contributed by atoms with E-state index in [-0.39, 0.29) is 11.7 Å². The molecule has 0 unspecified atom stereocenters. The average molecular weight is 445 g/mol. The van der Waals surface area contributed by atoms with Crippen LogP contribution in [0.15, 0.2) is 47.6 Å². The van der Waals surface area contributed by atoms with E-state index < -0.39 is 0 Å². The fourth-order valence-corrected chi connectivity index (χ4v) is 3.85. The molecule has 2 aromatic carbocycles. The van der Waals surface area contributed by atoms with Gasteiger partial charge in [0.15, 0.2) is 22.5 Å². The molecule has 1 aliphatic heterocycles. The number of hydrogen-bond donors (Lipinski definition) is 1. The van der Waals surface area contributed by atoms with Crippen LogP contribution in [0, 0.1) is 0 Å². The molecule has 0 fully saturated rings. The van der Waals surface area contributed by atoms with Gasteiger partial charge in [0, 0.05) is 30.6 Å². The summed E-state index contributed by atoms with van der Waals surface area (Å²) in [6.07, 6.45) is 0.856. The third-order valence-electron chi connectivity index (χ3n) is 4.58. The zero-order chi connectivity index (χ0) is 20.9. The van der Waals surface area contributed by atoms with E-state index in [1.54, 1.807) is 12.1 Å². The van der Waals surface area contributed by atoms with E-state index in [0.29, 0.717) is 41.5 Å². The van der Waals surface area contributed by atoms with Crippen LogP contribution in [0.3, 0.4) is 0 Å². The lowest BCUT2D eigenvalue weighted by Crippen LogP contribution is -2.24. The number of fused-ring (bicyclic) bond motifs is 1. The van der Waals surface area contributed by atoms with Crippen molar-refractivity contribution in [3.63, 3.8) is 0 Å². The van der Waals surface area contributed by atoms with Gasteiger partial charge >= 0.3 is 0 Å². The Kier molecular flexibility index (Phi) is 6.44. The Morgan fingerprint density at radius 3 is 2.70 bits per heavy atom. The number of benzene rings is 2. The van der Waals surface area contributed by atoms with Crippen molar-refractivity contribution in [2.75, 3.05) is 19.0 Å². The number of halogens is 1. The first kappa shape index (κ1) is 20.6. The molecule has 4 rings (SSSR count). The number of rotatable bonds is 6. The third kappa shape index (κ3) is 4.88. The molecular weight excluding hydrogens is 424 g/mol. The Labute approximate surface area is 183 Å². The molecule has 0 bridgehead atoms. The average Bonchev–Trinajstić information content (AvgIpc) is 2.96. The first-order valence-corrected chi connectivity index (χ1v) is 10.9. The molecule has 0 spiro atoms. The highest BCUT2D eigenvalue weighted by molar-refractivity contribution is 7.99. The van der Waals surface area contributed by atoms with E-state index in [1.807, 2.05) is 41.9 Å². The molecule has 0 saturated heterocycles. The summed E-state index contributed by atoms with van der Waals surface area (Å²) in [5.74, 6) is 2.33. The number of ether oxygens (including phenoxy) is 2. The highest BCUT2D eigenvalue weighted by Crippen LogP contribution is 2.34. The van der Waals surface area contributed by atoms with Gasteiger partial charge in [0.25, 0.3) is 0 Å². The van der Waals surface area contributed by atoms with Crippen molar-refractivity contribution < 1.29 is 14.3 Å². The van der Waals surface area contributed by atoms with Crippen LogP contribution in [0.25, 0.3) is 11.4 Å². The molecule has 1 aromatic heterocycles. The van der Waals surface area contributed by atoms with Crippen molar-refractivity contribution >= 4 is 29.3 Å². The maximum Gasteiger partial charge on any atom is 0.230 e. The minimum atomic E-state index is -0.0740. The summed E-state index contributed by atoms with van der Waals surface area (Å²) in [7, 11) is 1.88. The summed E-state index contributed by atoms with van der Waals surface area (Å²) in [4.78, 5) is 12.2. The Bertz CT molecular complexity index is 1040. The van der Waals surface area contributed by atoms with Crippen LogP contribution in [0.4, 0.5) is 0 Å². The lowest BCUT2D eigenvalue weighted by atomic mass is 10.2. The number of amides is 1. The largest absolute Gasteiger partial charge is 0.490 e. The van der Waals surface area contributed by atoms with Crippen LogP contribution in [-0.2, 0) is 18.4 Å². The second-order valence-corrected chi connectivity index (χ2v) is 8.15. The molecule has 0 aliphatic carbocycles. The molecular formula is C21H21ClN4O3S. The van der Waals surface area contributed by atoms with E-state index >= 15 is 0 Å². The second kappa shape index (κ2) is 9.40. The van der Waals surface area contributed by atoms with Crippen LogP contribution in [-0.4, -0.2) is 39.6 Å². The zero-order valence-electron chi connectivity index (χ0n) is 16.4. The van der Waals surface area contributed by atoms with Crippen molar-refractivity contribution in [2.45, 2.75) is 18.1 Å². The summed E-state index contributed by atoms with van der Waals surface area (Å²) < 4.78 is 13.3. The Hall–Kier alpha value is -2.71. The molecule has 1 amide bonds. The first-order chi connectivity index (χ1) is 14.6. The predicted octanol–water partition coefficient (Wildman–Crippen LogP) is 3.71. The zero-order valence-corrected chi connectivity index (χ0v) is 18.0. The molecule has 2 heterocycles. The quantitative estimate of drug-likeness (QED) is 0.584. The predicted molar refractivity (Wildman–Crippen MR) is 116 cm³/mol. The van der Waals surface area contributed by atoms with Crippen molar-refractivity contribution in [1.82, 2.24) is 20.1 Å². The molecule has 1 aliphatic rings. The minimum Gasteiger partial charge on any atom is -0.490 e. The number of thioether (sulfide) groups is 1. The van der Waals surface area contributed by atoms with Gasteiger partial charge in [-0.3, -0.25) is 4.79 Å². The van der Waals surface area contributed by atoms with Crippen LogP contribution >= 0.6 is 23.4 Å². The van der Waals surface area contributed by atoms with E-state index in [2.05, 4.69) is 15.5 Å². The van der Waals surface area contributed by atoms with Crippen LogP contribution < -0.4 is 14.8 Å². The van der Waals surface area contributed by atoms with Gasteiger partial charge in [0.05, 0.1) is 19.0 Å². The third-order valence-corrected chi connectivity index (χ3v) is 5.85. The highest BCUT2D eigenvalue weighted by atomic mass is 35.5. The first-order valence-electron chi connectivity index (χ1n) is 9.53. The fourth-order valence-electron chi connectivity index (χ4n) is 2.98. The fraction of sp³-hybridized carbons (Fsp3) is 0.286. The number of carbonyl (C=O) groups excluding carboxylic acids is 1. The Morgan fingerprint density at radius 1 is 1.13 bits per heavy atom. The molecule has 9 heteroatoms. The standard InChI is InChI=1S/C21H21ClN4O3S/c1-26-20(15-5-8-17-18(11-15)29-10-2-9-28-17)24-25-21(26)30-13-19(27)23-12-14-3-6-16(22)7-4-14/h3-8,11H,2,9-10,12-13H2,1H3,(H,23,27). The number of hydrogen-bond acceptors (Lipinski definition) is 6. The Morgan fingerprint density at radius 2 is 1.90 bits per heavy atom. The minimum absolute atomic E-state index is 0.0740. The van der Waals surface area contributed by atoms with Crippen molar-refractivity contribution in [1.29, 1.82) is 0 Å². The van der Waals surface area contributed by atoms with Crippen LogP contribution in [0.2, 0.25) is 5.02 Å². The van der Waals surface area contributed by atoms with Gasteiger partial charge in [-0.25, -0.2) is 0 Å². The SMILES string of the molecule is Cn1c(SCC(=O)NCc2ccc(Cl)cc2)nnc1-c1ccc2c(c1)OCCCO2. The topological polar surface area (TPSA) is 78.3 Å². The van der Waals surface area contributed by atoms with Gasteiger partial charge in [-0.15, -0.1) is 10.2 Å². The molecule has 156 valence electrons. The lowest BCUT2D eigenvalue weighted by Gasteiger charge is -2.09. The van der Waals surface area contributed by atoms with E-state index in [1.165, 1.54) is 11.8 Å². The van der Waals surface area contributed by atoms with Gasteiger partial charge in [-0.05, 0) is 35.9 Å². The van der Waals surface area contributed by atoms with Crippen LogP contribution in [0.5, 0.6) is 11.5 Å². The summed E-state index contributed by atoms with van der Waals surface area (Å²) >= 11 is 7.22. The van der Waals surface area contributed by atoms with E-state index in [9.17, 15) is 4.79 Å². The Balaban J connectivity index is 1.37. The summed E-state index contributed by atoms with van der Waals surface area (Å²) in [6, 6.07) is 13.1. The summed E-state index contributed by atoms with van der Waals surface area (Å²) in [6.45, 7) is 1.73. The van der Waals surface area contributed by atoms with Crippen molar-refractivity contribution in [3.8, 4) is 22.9 Å². The van der Waals surface area contributed by atoms with Gasteiger partial charge in [0.1, 0.15) is 0 Å². The van der Waals surface area contributed by atoms with Crippen LogP contribution in [0.1, 0.15) is 12.0 Å². The molecule has 0 radical (unpaired) electrons. The van der Waals surface area contributed by atoms with Gasteiger partial charge < -0.3 is 19.4 Å². The summed E-state index contributed by atoms with van der Waals surface area (Å²) in [5.41, 5.74) is 1.88. The monoisotopic (exact) mass is 444 g/mol. The number of aromatic nitrogens is 3. The molecule has 3 aromatic rings. The van der Waals surface area contributed by atoms with Gasteiger partial charge in [-0.1, -0.05) is 35.5 Å². The van der Waals surface area contributed by atoms with E-state index in [4.69, 9.17) is 21.1 Å². The second-order valence-electron chi connectivity index (χ2n) is 6.77. The summed E-state index contributed by atoms with van der Waals surface area (Å²) in [5, 5.41) is 12.8. The lowest BCUT2D eigenvalue weighted by molar-refractivity contribution is -0.118. The molecule has 30 heavy (non-hydrogen) atoms. The molecule has 0 saturated carbocycles. The number of nitrogens with one attached hydrogen (secondary N) is 1. The highest BCUT2D eigenvalue weighted by Gasteiger charge is 2.16. The molecule has 1 N–H and O–H groups in total. The smallest absolute Gasteiger partial charge is 0.230 e. The normalized spacial score (nSPS) is 13.0. The van der Waals surface area contributed by atoms with E-state index in [0.717, 1.165) is 23.3 Å². The molecule has 0 atom stereocenters.